The summed E-state index contributed by atoms with van der Waals surface area (Å²) < 4.78 is 23.4. The molecule has 0 aromatic carbocycles. The molecule has 1 aliphatic rings. The van der Waals surface area contributed by atoms with Gasteiger partial charge in [0.25, 0.3) is 0 Å². The maximum atomic E-state index is 11.7. The molecule has 0 aromatic rings. The van der Waals surface area contributed by atoms with E-state index in [-0.39, 0.29) is 23.0 Å². The van der Waals surface area contributed by atoms with Crippen LogP contribution < -0.4 is 5.43 Å². The molecule has 0 aliphatic heterocycles. The number of sulfone groups is 1. The standard InChI is InChI=1S/C12H22N2O3S/c1-8-5-6-11(7-12(8)18(4,16)17)9(2)13-14-10(3)15/h8,11-12H,5-7H2,1-4H3,(H,14,15)/b13-9+. The van der Waals surface area contributed by atoms with Crippen LogP contribution in [0.3, 0.4) is 0 Å². The zero-order valence-corrected chi connectivity index (χ0v) is 12.3. The SMILES string of the molecule is CC(=O)N/N=C(\C)C1CCC(C)C(S(C)(=O)=O)C1. The molecule has 1 aliphatic carbocycles. The highest BCUT2D eigenvalue weighted by molar-refractivity contribution is 7.91. The van der Waals surface area contributed by atoms with Crippen LogP contribution in [-0.4, -0.2) is 31.5 Å². The lowest BCUT2D eigenvalue weighted by Crippen LogP contribution is -2.36. The molecule has 3 atom stereocenters. The number of hydrazone groups is 1. The van der Waals surface area contributed by atoms with Crippen LogP contribution >= 0.6 is 0 Å². The largest absolute Gasteiger partial charge is 0.274 e. The summed E-state index contributed by atoms with van der Waals surface area (Å²) in [7, 11) is -3.02. The molecule has 1 rings (SSSR count). The molecule has 1 amide bonds. The summed E-state index contributed by atoms with van der Waals surface area (Å²) in [5, 5.41) is 3.72. The minimum atomic E-state index is -3.02. The van der Waals surface area contributed by atoms with Crippen molar-refractivity contribution in [3.63, 3.8) is 0 Å². The lowest BCUT2D eigenvalue weighted by atomic mass is 9.80. The molecule has 5 nitrogen and oxygen atoms in total. The molecular weight excluding hydrogens is 252 g/mol. The number of rotatable bonds is 3. The molecule has 1 saturated carbocycles. The van der Waals surface area contributed by atoms with Gasteiger partial charge in [0, 0.05) is 18.9 Å². The van der Waals surface area contributed by atoms with Crippen LogP contribution in [0.5, 0.6) is 0 Å². The normalized spacial score (nSPS) is 30.0. The number of carbonyl (C=O) groups excluding carboxylic acids is 1. The molecule has 0 aromatic heterocycles. The summed E-state index contributed by atoms with van der Waals surface area (Å²) in [4.78, 5) is 10.8. The Labute approximate surface area is 109 Å². The van der Waals surface area contributed by atoms with Gasteiger partial charge in [-0.25, -0.2) is 13.8 Å². The van der Waals surface area contributed by atoms with Gasteiger partial charge in [0.2, 0.25) is 5.91 Å². The molecule has 18 heavy (non-hydrogen) atoms. The predicted molar refractivity (Wildman–Crippen MR) is 72.1 cm³/mol. The Morgan fingerprint density at radius 3 is 2.39 bits per heavy atom. The van der Waals surface area contributed by atoms with Crippen molar-refractivity contribution in [2.24, 2.45) is 16.9 Å². The van der Waals surface area contributed by atoms with Crippen molar-refractivity contribution in [2.75, 3.05) is 6.26 Å². The Balaban J connectivity index is 2.76. The van der Waals surface area contributed by atoms with Crippen LogP contribution in [0.25, 0.3) is 0 Å². The third-order valence-corrected chi connectivity index (χ3v) is 5.41. The first-order valence-corrected chi connectivity index (χ1v) is 8.17. The van der Waals surface area contributed by atoms with Crippen molar-refractivity contribution in [3.05, 3.63) is 0 Å². The highest BCUT2D eigenvalue weighted by Gasteiger charge is 2.35. The number of carbonyl (C=O) groups is 1. The van der Waals surface area contributed by atoms with E-state index >= 15 is 0 Å². The first kappa shape index (κ1) is 15.1. The van der Waals surface area contributed by atoms with Gasteiger partial charge in [0.05, 0.1) is 5.25 Å². The van der Waals surface area contributed by atoms with Gasteiger partial charge in [-0.05, 0) is 38.0 Å². The van der Waals surface area contributed by atoms with Gasteiger partial charge in [-0.1, -0.05) is 6.92 Å². The fourth-order valence-corrected chi connectivity index (χ4v) is 4.08. The van der Waals surface area contributed by atoms with E-state index < -0.39 is 9.84 Å². The first-order valence-electron chi connectivity index (χ1n) is 6.21. The first-order chi connectivity index (χ1) is 8.21. The zero-order chi connectivity index (χ0) is 13.9. The van der Waals surface area contributed by atoms with E-state index in [9.17, 15) is 13.2 Å². The van der Waals surface area contributed by atoms with Crippen molar-refractivity contribution in [2.45, 2.75) is 45.3 Å². The number of hydrogen-bond donors (Lipinski definition) is 1. The lowest BCUT2D eigenvalue weighted by Gasteiger charge is -2.32. The van der Waals surface area contributed by atoms with Crippen LogP contribution in [-0.2, 0) is 14.6 Å². The van der Waals surface area contributed by atoms with Crippen molar-refractivity contribution in [1.82, 2.24) is 5.43 Å². The second-order valence-electron chi connectivity index (χ2n) is 5.28. The molecule has 1 fully saturated rings. The molecule has 0 heterocycles. The third-order valence-electron chi connectivity index (χ3n) is 3.65. The molecule has 0 spiro atoms. The number of hydrogen-bond acceptors (Lipinski definition) is 4. The summed E-state index contributed by atoms with van der Waals surface area (Å²) in [6.45, 7) is 5.23. The zero-order valence-electron chi connectivity index (χ0n) is 11.4. The maximum Gasteiger partial charge on any atom is 0.236 e. The summed E-state index contributed by atoms with van der Waals surface area (Å²) in [6.07, 6.45) is 3.73. The van der Waals surface area contributed by atoms with Gasteiger partial charge in [-0.15, -0.1) is 0 Å². The van der Waals surface area contributed by atoms with E-state index in [0.717, 1.165) is 18.6 Å². The molecule has 1 N–H and O–H groups in total. The number of nitrogens with one attached hydrogen (secondary N) is 1. The molecule has 0 saturated heterocycles. The second-order valence-corrected chi connectivity index (χ2v) is 7.54. The predicted octanol–water partition coefficient (Wildman–Crippen LogP) is 1.35. The average Bonchev–Trinajstić information content (AvgIpc) is 2.24. The smallest absolute Gasteiger partial charge is 0.236 e. The minimum Gasteiger partial charge on any atom is -0.274 e. The van der Waals surface area contributed by atoms with Crippen molar-refractivity contribution < 1.29 is 13.2 Å². The Kier molecular flexibility index (Phi) is 4.90. The van der Waals surface area contributed by atoms with Gasteiger partial charge in [-0.3, -0.25) is 4.79 Å². The second kappa shape index (κ2) is 5.82. The minimum absolute atomic E-state index is 0.146. The van der Waals surface area contributed by atoms with E-state index in [0.29, 0.717) is 6.42 Å². The van der Waals surface area contributed by atoms with Crippen molar-refractivity contribution in [1.29, 1.82) is 0 Å². The fraction of sp³-hybridized carbons (Fsp3) is 0.833. The van der Waals surface area contributed by atoms with Gasteiger partial charge in [-0.2, -0.15) is 5.10 Å². The lowest BCUT2D eigenvalue weighted by molar-refractivity contribution is -0.118. The highest BCUT2D eigenvalue weighted by atomic mass is 32.2. The molecule has 0 radical (unpaired) electrons. The van der Waals surface area contributed by atoms with Crippen LogP contribution in [0.2, 0.25) is 0 Å². The molecule has 0 bridgehead atoms. The van der Waals surface area contributed by atoms with Crippen molar-refractivity contribution >= 4 is 21.5 Å². The van der Waals surface area contributed by atoms with E-state index in [1.54, 1.807) is 0 Å². The van der Waals surface area contributed by atoms with Crippen LogP contribution in [0.4, 0.5) is 0 Å². The molecule has 6 heteroatoms. The summed E-state index contributed by atoms with van der Waals surface area (Å²) in [5.41, 5.74) is 3.22. The molecule has 3 unspecified atom stereocenters. The summed E-state index contributed by atoms with van der Waals surface area (Å²) in [6, 6.07) is 0. The topological polar surface area (TPSA) is 75.6 Å². The van der Waals surface area contributed by atoms with Crippen LogP contribution in [0.15, 0.2) is 5.10 Å². The quantitative estimate of drug-likeness (QED) is 0.623. The molecule has 104 valence electrons. The Morgan fingerprint density at radius 1 is 1.28 bits per heavy atom. The number of nitrogens with zero attached hydrogens (tertiary/aromatic N) is 1. The summed E-state index contributed by atoms with van der Waals surface area (Å²) >= 11 is 0. The van der Waals surface area contributed by atoms with Crippen LogP contribution in [0.1, 0.15) is 40.0 Å². The third kappa shape index (κ3) is 4.08. The maximum absolute atomic E-state index is 11.7. The monoisotopic (exact) mass is 274 g/mol. The summed E-state index contributed by atoms with van der Waals surface area (Å²) in [5.74, 6) is 0.135. The van der Waals surface area contributed by atoms with E-state index in [2.05, 4.69) is 10.5 Å². The Hall–Kier alpha value is -0.910. The molecular formula is C12H22N2O3S. The Morgan fingerprint density at radius 2 is 1.89 bits per heavy atom. The average molecular weight is 274 g/mol. The van der Waals surface area contributed by atoms with Gasteiger partial charge in [0.1, 0.15) is 0 Å². The Bertz CT molecular complexity index is 442. The van der Waals surface area contributed by atoms with Crippen molar-refractivity contribution in [3.8, 4) is 0 Å². The van der Waals surface area contributed by atoms with E-state index in [1.807, 2.05) is 13.8 Å². The van der Waals surface area contributed by atoms with E-state index in [4.69, 9.17) is 0 Å². The van der Waals surface area contributed by atoms with Gasteiger partial charge < -0.3 is 0 Å². The van der Waals surface area contributed by atoms with Gasteiger partial charge >= 0.3 is 0 Å². The van der Waals surface area contributed by atoms with Gasteiger partial charge in [0.15, 0.2) is 9.84 Å². The van der Waals surface area contributed by atoms with Crippen LogP contribution in [0, 0.1) is 11.8 Å². The fourth-order valence-electron chi connectivity index (χ4n) is 2.51. The number of amides is 1. The highest BCUT2D eigenvalue weighted by Crippen LogP contribution is 2.33. The van der Waals surface area contributed by atoms with E-state index in [1.165, 1.54) is 13.2 Å².